The Morgan fingerprint density at radius 3 is 2.79 bits per heavy atom. The van der Waals surface area contributed by atoms with Gasteiger partial charge in [0.2, 0.25) is 0 Å². The number of nitrogens with one attached hydrogen (secondary N) is 1. The summed E-state index contributed by atoms with van der Waals surface area (Å²) in [5, 5.41) is 17.3. The van der Waals surface area contributed by atoms with Crippen molar-refractivity contribution in [3.05, 3.63) is 48.3 Å². The third kappa shape index (κ3) is 3.03. The molecule has 1 heterocycles. The number of nitrogens with zero attached hydrogens (tertiary/aromatic N) is 2. The van der Waals surface area contributed by atoms with E-state index in [9.17, 15) is 5.11 Å². The Bertz CT molecular complexity index is 519. The summed E-state index contributed by atoms with van der Waals surface area (Å²) in [7, 11) is 0. The summed E-state index contributed by atoms with van der Waals surface area (Å²) in [5.41, 5.74) is 2.07. The van der Waals surface area contributed by atoms with Crippen molar-refractivity contribution in [3.8, 4) is 5.69 Å². The fourth-order valence-electron chi connectivity index (χ4n) is 2.16. The van der Waals surface area contributed by atoms with Gasteiger partial charge < -0.3 is 10.4 Å². The standard InChI is InChI=1S/C15H19N3O/c19-11-15(16-8-12-6-7-12)13-9-17-18(10-13)14-4-2-1-3-5-14/h1-5,9-10,12,15-16,19H,6-8,11H2. The third-order valence-corrected chi connectivity index (χ3v) is 3.56. The van der Waals surface area contributed by atoms with Gasteiger partial charge in [0.05, 0.1) is 24.5 Å². The lowest BCUT2D eigenvalue weighted by Gasteiger charge is -2.14. The fourth-order valence-corrected chi connectivity index (χ4v) is 2.16. The monoisotopic (exact) mass is 257 g/mol. The molecule has 1 atom stereocenters. The lowest BCUT2D eigenvalue weighted by atomic mass is 10.1. The second-order valence-corrected chi connectivity index (χ2v) is 5.14. The summed E-state index contributed by atoms with van der Waals surface area (Å²) in [5.74, 6) is 0.804. The summed E-state index contributed by atoms with van der Waals surface area (Å²) in [6.07, 6.45) is 6.44. The zero-order valence-corrected chi connectivity index (χ0v) is 10.9. The van der Waals surface area contributed by atoms with Crippen LogP contribution in [0.15, 0.2) is 42.7 Å². The second kappa shape index (κ2) is 5.55. The molecule has 0 amide bonds. The minimum Gasteiger partial charge on any atom is -0.394 e. The lowest BCUT2D eigenvalue weighted by molar-refractivity contribution is 0.243. The van der Waals surface area contributed by atoms with Gasteiger partial charge in [-0.25, -0.2) is 4.68 Å². The number of aliphatic hydroxyl groups is 1. The van der Waals surface area contributed by atoms with Crippen molar-refractivity contribution in [1.29, 1.82) is 0 Å². The van der Waals surface area contributed by atoms with Crippen LogP contribution in [0.25, 0.3) is 5.69 Å². The van der Waals surface area contributed by atoms with E-state index < -0.39 is 0 Å². The molecule has 2 N–H and O–H groups in total. The molecular weight excluding hydrogens is 238 g/mol. The average Bonchev–Trinajstić information content (AvgIpc) is 3.16. The van der Waals surface area contributed by atoms with Crippen molar-refractivity contribution in [2.45, 2.75) is 18.9 Å². The van der Waals surface area contributed by atoms with E-state index in [4.69, 9.17) is 0 Å². The van der Waals surface area contributed by atoms with Crippen LogP contribution in [0, 0.1) is 5.92 Å². The number of aliphatic hydroxyl groups excluding tert-OH is 1. The molecule has 1 aromatic heterocycles. The van der Waals surface area contributed by atoms with Gasteiger partial charge >= 0.3 is 0 Å². The molecule has 1 aromatic carbocycles. The van der Waals surface area contributed by atoms with E-state index in [1.165, 1.54) is 12.8 Å². The maximum Gasteiger partial charge on any atom is 0.0645 e. The average molecular weight is 257 g/mol. The molecule has 1 aliphatic rings. The maximum absolute atomic E-state index is 9.49. The minimum atomic E-state index is -0.0157. The van der Waals surface area contributed by atoms with Gasteiger partial charge in [-0.15, -0.1) is 0 Å². The number of para-hydroxylation sites is 1. The van der Waals surface area contributed by atoms with Crippen molar-refractivity contribution in [3.63, 3.8) is 0 Å². The molecule has 19 heavy (non-hydrogen) atoms. The van der Waals surface area contributed by atoms with Gasteiger partial charge in [0.1, 0.15) is 0 Å². The molecule has 0 spiro atoms. The smallest absolute Gasteiger partial charge is 0.0645 e. The summed E-state index contributed by atoms with van der Waals surface area (Å²) >= 11 is 0. The molecule has 0 bridgehead atoms. The first kappa shape index (κ1) is 12.4. The Morgan fingerprint density at radius 1 is 1.32 bits per heavy atom. The molecular formula is C15H19N3O. The van der Waals surface area contributed by atoms with Crippen LogP contribution in [0.2, 0.25) is 0 Å². The van der Waals surface area contributed by atoms with Crippen molar-refractivity contribution in [1.82, 2.24) is 15.1 Å². The predicted octanol–water partition coefficient (Wildman–Crippen LogP) is 1.91. The molecule has 1 unspecified atom stereocenters. The Kier molecular flexibility index (Phi) is 3.62. The van der Waals surface area contributed by atoms with E-state index in [0.29, 0.717) is 0 Å². The van der Waals surface area contributed by atoms with Gasteiger partial charge in [-0.3, -0.25) is 0 Å². The molecule has 2 aromatic rings. The number of benzene rings is 1. The predicted molar refractivity (Wildman–Crippen MR) is 74.1 cm³/mol. The largest absolute Gasteiger partial charge is 0.394 e. The van der Waals surface area contributed by atoms with Crippen LogP contribution in [0.3, 0.4) is 0 Å². The van der Waals surface area contributed by atoms with Crippen LogP contribution in [-0.4, -0.2) is 28.0 Å². The van der Waals surface area contributed by atoms with Gasteiger partial charge in [0, 0.05) is 11.8 Å². The van der Waals surface area contributed by atoms with E-state index in [1.807, 2.05) is 47.4 Å². The first-order chi connectivity index (χ1) is 9.36. The van der Waals surface area contributed by atoms with Crippen LogP contribution in [0.4, 0.5) is 0 Å². The number of hydrogen-bond acceptors (Lipinski definition) is 3. The van der Waals surface area contributed by atoms with Crippen LogP contribution < -0.4 is 5.32 Å². The van der Waals surface area contributed by atoms with Crippen LogP contribution in [-0.2, 0) is 0 Å². The van der Waals surface area contributed by atoms with E-state index >= 15 is 0 Å². The van der Waals surface area contributed by atoms with Crippen molar-refractivity contribution >= 4 is 0 Å². The van der Waals surface area contributed by atoms with Crippen LogP contribution in [0.1, 0.15) is 24.4 Å². The van der Waals surface area contributed by atoms with Gasteiger partial charge in [-0.05, 0) is 37.4 Å². The molecule has 1 aliphatic carbocycles. The van der Waals surface area contributed by atoms with E-state index in [0.717, 1.165) is 23.7 Å². The number of rotatable bonds is 6. The Labute approximate surface area is 113 Å². The highest BCUT2D eigenvalue weighted by Gasteiger charge is 2.23. The highest BCUT2D eigenvalue weighted by Crippen LogP contribution is 2.28. The van der Waals surface area contributed by atoms with Crippen LogP contribution in [0.5, 0.6) is 0 Å². The number of aromatic nitrogens is 2. The van der Waals surface area contributed by atoms with Crippen molar-refractivity contribution < 1.29 is 5.11 Å². The fraction of sp³-hybridized carbons (Fsp3) is 0.400. The first-order valence-corrected chi connectivity index (χ1v) is 6.81. The molecule has 1 fully saturated rings. The zero-order chi connectivity index (χ0) is 13.1. The minimum absolute atomic E-state index is 0.0157. The Balaban J connectivity index is 1.71. The number of hydrogen-bond donors (Lipinski definition) is 2. The topological polar surface area (TPSA) is 50.1 Å². The molecule has 3 rings (SSSR count). The first-order valence-electron chi connectivity index (χ1n) is 6.81. The normalized spacial score (nSPS) is 16.5. The van der Waals surface area contributed by atoms with E-state index in [1.54, 1.807) is 0 Å². The Morgan fingerprint density at radius 2 is 2.11 bits per heavy atom. The highest BCUT2D eigenvalue weighted by atomic mass is 16.3. The quantitative estimate of drug-likeness (QED) is 0.831. The van der Waals surface area contributed by atoms with Crippen LogP contribution >= 0.6 is 0 Å². The Hall–Kier alpha value is -1.65. The molecule has 1 saturated carbocycles. The van der Waals surface area contributed by atoms with Crippen molar-refractivity contribution in [2.24, 2.45) is 5.92 Å². The summed E-state index contributed by atoms with van der Waals surface area (Å²) in [6, 6.07) is 9.99. The molecule has 0 radical (unpaired) electrons. The van der Waals surface area contributed by atoms with Gasteiger partial charge in [-0.1, -0.05) is 18.2 Å². The third-order valence-electron chi connectivity index (χ3n) is 3.56. The van der Waals surface area contributed by atoms with Crippen molar-refractivity contribution in [2.75, 3.05) is 13.2 Å². The van der Waals surface area contributed by atoms with Gasteiger partial charge in [0.25, 0.3) is 0 Å². The van der Waals surface area contributed by atoms with Gasteiger partial charge in [-0.2, -0.15) is 5.10 Å². The maximum atomic E-state index is 9.49. The summed E-state index contributed by atoms with van der Waals surface area (Å²) in [6.45, 7) is 1.09. The molecule has 0 saturated heterocycles. The van der Waals surface area contributed by atoms with E-state index in [-0.39, 0.29) is 12.6 Å². The van der Waals surface area contributed by atoms with Gasteiger partial charge in [0.15, 0.2) is 0 Å². The molecule has 4 heteroatoms. The molecule has 4 nitrogen and oxygen atoms in total. The highest BCUT2D eigenvalue weighted by molar-refractivity contribution is 5.31. The SMILES string of the molecule is OCC(NCC1CC1)c1cnn(-c2ccccc2)c1. The molecule has 0 aliphatic heterocycles. The second-order valence-electron chi connectivity index (χ2n) is 5.14. The lowest BCUT2D eigenvalue weighted by Crippen LogP contribution is -2.26. The molecule has 100 valence electrons. The van der Waals surface area contributed by atoms with E-state index in [2.05, 4.69) is 10.4 Å². The summed E-state index contributed by atoms with van der Waals surface area (Å²) in [4.78, 5) is 0. The summed E-state index contributed by atoms with van der Waals surface area (Å²) < 4.78 is 1.84. The zero-order valence-electron chi connectivity index (χ0n) is 10.9.